The standard InChI is InChI=1S/C46H62N4O11/c1-22(2)21-50-18-16-46(17-19-50)48-34-31-32-39(54)28(8)42-33(31)43(56)45(10,61-42)59-20-15-30(58-11)25(5)38(53)27(7)41(60-29(9)51)26(6)37(52)23(3)13-12-14-24(4)44(57)47-36(40(32)55)35(34)49-46/h12-15,20,22-23,25-27,30,37-38,41,52-55H,16-19,21H2,1-11H3,(H,47,57). The van der Waals surface area contributed by atoms with E-state index in [9.17, 15) is 34.8 Å². The van der Waals surface area contributed by atoms with Crippen LogP contribution in [0.1, 0.15) is 91.1 Å². The Kier molecular flexibility index (Phi) is 13.1. The van der Waals surface area contributed by atoms with Crippen LogP contribution in [0.2, 0.25) is 0 Å². The summed E-state index contributed by atoms with van der Waals surface area (Å²) in [5.74, 6) is -6.44. The number of benzene rings is 2. The van der Waals surface area contributed by atoms with Crippen molar-refractivity contribution in [1.82, 2.24) is 4.90 Å². The molecule has 4 aliphatic heterocycles. The van der Waals surface area contributed by atoms with E-state index in [-0.39, 0.29) is 55.4 Å². The number of allylic oxidation sites excluding steroid dienone is 2. The summed E-state index contributed by atoms with van der Waals surface area (Å²) in [6.07, 6.45) is 5.03. The van der Waals surface area contributed by atoms with Crippen LogP contribution in [0.15, 0.2) is 46.1 Å². The number of likely N-dealkylation sites (tertiary alicyclic amines) is 1. The SMILES string of the molecule is COC1C=COC2(C)Oc3c(C)c(O)c4c(O)c(c5c(c4c3C2=O)=NC2(CCN(CC(C)C)CC2)N=5)NC(=O)C(C)=CC=CC(C)C(O)C(C)C(OC(C)=O)C(C)C(O)C1C. The quantitative estimate of drug-likeness (QED) is 0.209. The fourth-order valence-corrected chi connectivity index (χ4v) is 9.20. The molecular weight excluding hydrogens is 785 g/mol. The highest BCUT2D eigenvalue weighted by Gasteiger charge is 2.50. The van der Waals surface area contributed by atoms with E-state index < -0.39 is 82.9 Å². The van der Waals surface area contributed by atoms with Gasteiger partial charge < -0.3 is 49.6 Å². The molecule has 0 aliphatic carbocycles. The maximum atomic E-state index is 14.7. The van der Waals surface area contributed by atoms with Crippen LogP contribution in [-0.2, 0) is 23.8 Å². The first kappa shape index (κ1) is 45.7. The average molecular weight is 847 g/mol. The Balaban J connectivity index is 1.53. The lowest BCUT2D eigenvalue weighted by molar-refractivity contribution is -0.161. The van der Waals surface area contributed by atoms with Crippen LogP contribution in [0.5, 0.6) is 17.2 Å². The van der Waals surface area contributed by atoms with Gasteiger partial charge in [-0.3, -0.25) is 24.4 Å². The highest BCUT2D eigenvalue weighted by atomic mass is 16.7. The number of ketones is 1. The number of hydrogen-bond donors (Lipinski definition) is 5. The predicted octanol–water partition coefficient (Wildman–Crippen LogP) is 4.75. The van der Waals surface area contributed by atoms with E-state index in [4.69, 9.17) is 28.9 Å². The predicted molar refractivity (Wildman–Crippen MR) is 228 cm³/mol. The maximum Gasteiger partial charge on any atom is 0.312 e. The molecule has 9 unspecified atom stereocenters. The summed E-state index contributed by atoms with van der Waals surface area (Å²) in [6.45, 7) is 19.5. The number of methoxy groups -OCH3 is 1. The molecule has 1 amide bonds. The van der Waals surface area contributed by atoms with Gasteiger partial charge in [0.2, 0.25) is 0 Å². The lowest BCUT2D eigenvalue weighted by Gasteiger charge is -2.38. The Hall–Kier alpha value is -4.83. The number of amides is 1. The van der Waals surface area contributed by atoms with Gasteiger partial charge in [0.05, 0.1) is 40.9 Å². The molecule has 61 heavy (non-hydrogen) atoms. The lowest BCUT2D eigenvalue weighted by Crippen LogP contribution is -2.46. The number of nitrogens with zero attached hydrogens (tertiary/aromatic N) is 3. The van der Waals surface area contributed by atoms with Crippen molar-refractivity contribution in [3.05, 3.63) is 58.0 Å². The maximum absolute atomic E-state index is 14.7. The molecule has 0 aromatic heterocycles. The van der Waals surface area contributed by atoms with Crippen molar-refractivity contribution in [3.63, 3.8) is 0 Å². The van der Waals surface area contributed by atoms with Gasteiger partial charge in [0.15, 0.2) is 11.4 Å². The van der Waals surface area contributed by atoms with Crippen molar-refractivity contribution in [2.75, 3.05) is 32.1 Å². The smallest absolute Gasteiger partial charge is 0.312 e. The number of esters is 1. The van der Waals surface area contributed by atoms with Crippen LogP contribution < -0.4 is 20.8 Å². The number of hydrogen-bond acceptors (Lipinski definition) is 14. The van der Waals surface area contributed by atoms with Gasteiger partial charge in [-0.15, -0.1) is 0 Å². The number of fused-ring (bicyclic) bond motifs is 1. The summed E-state index contributed by atoms with van der Waals surface area (Å²) in [4.78, 5) is 53.6. The third-order valence-corrected chi connectivity index (χ3v) is 12.9. The molecule has 2 aromatic carbocycles. The molecule has 332 valence electrons. The van der Waals surface area contributed by atoms with Crippen LogP contribution in [0.25, 0.3) is 10.8 Å². The first-order valence-corrected chi connectivity index (χ1v) is 21.2. The number of Topliss-reactive ketones (excluding diaryl/α,β-unsaturated/α-hetero) is 1. The van der Waals surface area contributed by atoms with Gasteiger partial charge >= 0.3 is 11.8 Å². The highest BCUT2D eigenvalue weighted by Crippen LogP contribution is 2.50. The van der Waals surface area contributed by atoms with Crippen molar-refractivity contribution in [3.8, 4) is 17.2 Å². The summed E-state index contributed by atoms with van der Waals surface area (Å²) < 4.78 is 23.8. The second kappa shape index (κ2) is 17.5. The van der Waals surface area contributed by atoms with Crippen LogP contribution in [0, 0.1) is 36.5 Å². The second-order valence-corrected chi connectivity index (χ2v) is 18.0. The van der Waals surface area contributed by atoms with Gasteiger partial charge in [0.1, 0.15) is 28.6 Å². The molecule has 4 bridgehead atoms. The fourth-order valence-electron chi connectivity index (χ4n) is 9.20. The molecule has 4 aliphatic rings. The van der Waals surface area contributed by atoms with Crippen molar-refractivity contribution < 1.29 is 53.8 Å². The van der Waals surface area contributed by atoms with E-state index in [0.717, 1.165) is 6.54 Å². The number of piperidine rings is 1. The Bertz CT molecular complexity index is 2300. The monoisotopic (exact) mass is 846 g/mol. The summed E-state index contributed by atoms with van der Waals surface area (Å²) >= 11 is 0. The number of ether oxygens (including phenoxy) is 4. The van der Waals surface area contributed by atoms with Gasteiger partial charge in [-0.1, -0.05) is 59.8 Å². The lowest BCUT2D eigenvalue weighted by atomic mass is 9.78. The van der Waals surface area contributed by atoms with Crippen LogP contribution in [0.4, 0.5) is 5.69 Å². The molecule has 15 nitrogen and oxygen atoms in total. The summed E-state index contributed by atoms with van der Waals surface area (Å²) in [5.41, 5.74) is -0.571. The van der Waals surface area contributed by atoms with Crippen molar-refractivity contribution in [2.24, 2.45) is 39.6 Å². The Labute approximate surface area is 356 Å². The zero-order chi connectivity index (χ0) is 44.9. The molecule has 0 saturated carbocycles. The number of carbonyl (C=O) groups excluding carboxylic acids is 3. The molecule has 0 radical (unpaired) electrons. The number of phenolic OH excluding ortho intramolecular Hbond substituents is 2. The molecular formula is C46H62N4O11. The minimum absolute atomic E-state index is 0.0392. The molecule has 4 heterocycles. The number of phenols is 2. The number of aromatic hydroxyl groups is 2. The van der Waals surface area contributed by atoms with Crippen molar-refractivity contribution in [1.29, 1.82) is 0 Å². The van der Waals surface area contributed by atoms with Crippen molar-refractivity contribution >= 4 is 34.1 Å². The number of anilines is 1. The summed E-state index contributed by atoms with van der Waals surface area (Å²) in [6, 6.07) is 0. The van der Waals surface area contributed by atoms with Gasteiger partial charge in [-0.2, -0.15) is 0 Å². The first-order chi connectivity index (χ1) is 28.6. The number of rotatable bonds is 4. The van der Waals surface area contributed by atoms with Crippen LogP contribution in [-0.4, -0.2) is 106 Å². The molecule has 1 spiro atoms. The topological polar surface area (TPSA) is 209 Å². The Morgan fingerprint density at radius 1 is 0.967 bits per heavy atom. The van der Waals surface area contributed by atoms with Gasteiger partial charge in [-0.05, 0) is 25.8 Å². The number of carbonyl (C=O) groups is 3. The number of nitrogens with one attached hydrogen (secondary N) is 1. The van der Waals surface area contributed by atoms with E-state index in [0.29, 0.717) is 31.8 Å². The van der Waals surface area contributed by atoms with Gasteiger partial charge in [0.25, 0.3) is 11.7 Å². The molecule has 1 saturated heterocycles. The van der Waals surface area contributed by atoms with E-state index in [1.807, 2.05) is 0 Å². The molecule has 6 rings (SSSR count). The summed E-state index contributed by atoms with van der Waals surface area (Å²) in [5, 5.41) is 50.4. The Morgan fingerprint density at radius 3 is 2.23 bits per heavy atom. The Morgan fingerprint density at radius 2 is 1.61 bits per heavy atom. The third kappa shape index (κ3) is 8.54. The largest absolute Gasteiger partial charge is 0.507 e. The van der Waals surface area contributed by atoms with E-state index in [1.165, 1.54) is 33.3 Å². The first-order valence-electron chi connectivity index (χ1n) is 21.2. The number of aliphatic hydroxyl groups is 2. The number of aliphatic hydroxyl groups excluding tert-OH is 2. The fraction of sp³-hybridized carbons (Fsp3) is 0.587. The minimum Gasteiger partial charge on any atom is -0.507 e. The molecule has 9 atom stereocenters. The third-order valence-electron chi connectivity index (χ3n) is 12.9. The minimum atomic E-state index is -1.95. The molecule has 5 N–H and O–H groups in total. The summed E-state index contributed by atoms with van der Waals surface area (Å²) in [7, 11) is 1.46. The van der Waals surface area contributed by atoms with Gasteiger partial charge in [-0.25, -0.2) is 0 Å². The van der Waals surface area contributed by atoms with Crippen LogP contribution >= 0.6 is 0 Å². The van der Waals surface area contributed by atoms with E-state index >= 15 is 0 Å². The molecule has 1 fully saturated rings. The van der Waals surface area contributed by atoms with Crippen LogP contribution in [0.3, 0.4) is 0 Å². The second-order valence-electron chi connectivity index (χ2n) is 18.0. The normalized spacial score (nSPS) is 30.8. The zero-order valence-electron chi connectivity index (χ0n) is 37.1. The van der Waals surface area contributed by atoms with Gasteiger partial charge in [0, 0.05) is 93.6 Å². The highest BCUT2D eigenvalue weighted by molar-refractivity contribution is 6.19. The molecule has 15 heteroatoms. The average Bonchev–Trinajstić information content (AvgIpc) is 3.71. The van der Waals surface area contributed by atoms with E-state index in [1.54, 1.807) is 59.8 Å². The zero-order valence-corrected chi connectivity index (χ0v) is 37.1. The molecule has 2 aromatic rings. The van der Waals surface area contributed by atoms with E-state index in [2.05, 4.69) is 24.1 Å². The van der Waals surface area contributed by atoms with Crippen molar-refractivity contribution in [2.45, 2.75) is 118 Å².